The summed E-state index contributed by atoms with van der Waals surface area (Å²) in [6.45, 7) is 7.72. The third kappa shape index (κ3) is 5.37. The number of fused-ring (bicyclic) bond motifs is 1. The van der Waals surface area contributed by atoms with E-state index in [0.29, 0.717) is 22.7 Å². The van der Waals surface area contributed by atoms with Crippen molar-refractivity contribution in [1.29, 1.82) is 0 Å². The third-order valence-corrected chi connectivity index (χ3v) is 8.64. The van der Waals surface area contributed by atoms with Crippen LogP contribution in [0.5, 0.6) is 0 Å². The van der Waals surface area contributed by atoms with Gasteiger partial charge in [-0.25, -0.2) is 13.4 Å². The minimum atomic E-state index is -3.61. The van der Waals surface area contributed by atoms with Crippen molar-refractivity contribution in [3.63, 3.8) is 0 Å². The number of benzene rings is 2. The fraction of sp³-hybridized carbons (Fsp3) is 0.217. The van der Waals surface area contributed by atoms with E-state index >= 15 is 0 Å². The van der Waals surface area contributed by atoms with Gasteiger partial charge in [0.05, 0.1) is 20.4 Å². The van der Waals surface area contributed by atoms with Crippen LogP contribution in [-0.2, 0) is 26.9 Å². The molecule has 0 radical (unpaired) electrons. The lowest BCUT2D eigenvalue weighted by Crippen LogP contribution is -2.23. The molecule has 1 N–H and O–H groups in total. The van der Waals surface area contributed by atoms with Crippen LogP contribution < -0.4 is 5.32 Å². The van der Waals surface area contributed by atoms with Gasteiger partial charge in [0.2, 0.25) is 5.91 Å². The van der Waals surface area contributed by atoms with Crippen molar-refractivity contribution in [3.05, 3.63) is 72.6 Å². The summed E-state index contributed by atoms with van der Waals surface area (Å²) in [4.78, 5) is 17.4. The number of aromatic nitrogens is 4. The van der Waals surface area contributed by atoms with Crippen molar-refractivity contribution < 1.29 is 13.2 Å². The van der Waals surface area contributed by atoms with E-state index in [0.717, 1.165) is 15.8 Å². The van der Waals surface area contributed by atoms with Crippen LogP contribution in [0, 0.1) is 6.92 Å². The Morgan fingerprint density at radius 3 is 2.65 bits per heavy atom. The van der Waals surface area contributed by atoms with Crippen molar-refractivity contribution in [3.8, 4) is 0 Å². The Morgan fingerprint density at radius 1 is 1.21 bits per heavy atom. The number of allylic oxidation sites excluding steroid dienone is 1. The molecule has 0 bridgehead atoms. The maximum Gasteiger partial charge on any atom is 0.239 e. The van der Waals surface area contributed by atoms with E-state index in [4.69, 9.17) is 0 Å². The minimum Gasteiger partial charge on any atom is -0.301 e. The molecule has 2 heterocycles. The average molecular weight is 514 g/mol. The standard InChI is InChI=1S/C23H23N5O3S3/c1-4-13-28-20(14-34(30,31)17-11-9-15(2)10-12-17)26-27-23(28)32-16(3)21(29)25-22-24-18-7-5-6-8-19(18)33-22/h4-12,16H,1,13-14H2,2-3H3,(H,24,25,29). The number of sulfone groups is 1. The van der Waals surface area contributed by atoms with Crippen LogP contribution in [0.4, 0.5) is 5.13 Å². The molecule has 0 aliphatic heterocycles. The highest BCUT2D eigenvalue weighted by Gasteiger charge is 2.24. The fourth-order valence-electron chi connectivity index (χ4n) is 3.17. The minimum absolute atomic E-state index is 0.226. The molecule has 0 fully saturated rings. The van der Waals surface area contributed by atoms with Crippen molar-refractivity contribution >= 4 is 54.2 Å². The Hall–Kier alpha value is -3.02. The van der Waals surface area contributed by atoms with Crippen LogP contribution >= 0.6 is 23.1 Å². The highest BCUT2D eigenvalue weighted by atomic mass is 32.2. The molecule has 2 aromatic carbocycles. The van der Waals surface area contributed by atoms with E-state index in [1.165, 1.54) is 23.1 Å². The SMILES string of the molecule is C=CCn1c(CS(=O)(=O)c2ccc(C)cc2)nnc1SC(C)C(=O)Nc1nc2ccccc2s1. The van der Waals surface area contributed by atoms with Gasteiger partial charge in [0.25, 0.3) is 0 Å². The molecule has 34 heavy (non-hydrogen) atoms. The number of carbonyl (C=O) groups is 1. The molecule has 1 amide bonds. The lowest BCUT2D eigenvalue weighted by Gasteiger charge is -2.12. The summed E-state index contributed by atoms with van der Waals surface area (Å²) in [7, 11) is -3.61. The normalized spacial score (nSPS) is 12.5. The lowest BCUT2D eigenvalue weighted by molar-refractivity contribution is -0.115. The Morgan fingerprint density at radius 2 is 1.94 bits per heavy atom. The second kappa shape index (κ2) is 10.1. The third-order valence-electron chi connectivity index (χ3n) is 4.98. The summed E-state index contributed by atoms with van der Waals surface area (Å²) in [6, 6.07) is 14.4. The summed E-state index contributed by atoms with van der Waals surface area (Å²) in [6.07, 6.45) is 1.64. The van der Waals surface area contributed by atoms with Crippen LogP contribution in [0.25, 0.3) is 10.2 Å². The number of thiazole rings is 1. The zero-order valence-corrected chi connectivity index (χ0v) is 21.1. The van der Waals surface area contributed by atoms with Gasteiger partial charge in [-0.2, -0.15) is 0 Å². The van der Waals surface area contributed by atoms with Gasteiger partial charge in [0.15, 0.2) is 20.1 Å². The lowest BCUT2D eigenvalue weighted by atomic mass is 10.2. The maximum atomic E-state index is 12.9. The predicted octanol–water partition coefficient (Wildman–Crippen LogP) is 4.48. The summed E-state index contributed by atoms with van der Waals surface area (Å²) in [5.41, 5.74) is 1.80. The molecule has 0 saturated carbocycles. The zero-order valence-electron chi connectivity index (χ0n) is 18.6. The van der Waals surface area contributed by atoms with Crippen LogP contribution in [0.3, 0.4) is 0 Å². The molecule has 0 spiro atoms. The molecule has 4 aromatic rings. The van der Waals surface area contributed by atoms with Gasteiger partial charge in [-0.15, -0.1) is 16.8 Å². The molecular weight excluding hydrogens is 490 g/mol. The van der Waals surface area contributed by atoms with Crippen LogP contribution in [0.15, 0.2) is 71.2 Å². The van der Waals surface area contributed by atoms with E-state index in [9.17, 15) is 13.2 Å². The Kier molecular flexibility index (Phi) is 7.15. The zero-order chi connectivity index (χ0) is 24.3. The predicted molar refractivity (Wildman–Crippen MR) is 136 cm³/mol. The first-order valence-electron chi connectivity index (χ1n) is 10.4. The topological polar surface area (TPSA) is 107 Å². The Balaban J connectivity index is 1.49. The molecule has 1 unspecified atom stereocenters. The van der Waals surface area contributed by atoms with Crippen molar-refractivity contribution in [1.82, 2.24) is 19.7 Å². The largest absolute Gasteiger partial charge is 0.301 e. The highest BCUT2D eigenvalue weighted by Crippen LogP contribution is 2.28. The summed E-state index contributed by atoms with van der Waals surface area (Å²) in [5, 5.41) is 11.6. The Bertz CT molecular complexity index is 1410. The quantitative estimate of drug-likeness (QED) is 0.260. The van der Waals surface area contributed by atoms with Crippen molar-refractivity contribution in [2.24, 2.45) is 0 Å². The molecule has 0 aliphatic rings. The van der Waals surface area contributed by atoms with Gasteiger partial charge in [-0.05, 0) is 38.1 Å². The number of hydrogen-bond donors (Lipinski definition) is 1. The molecule has 0 aliphatic carbocycles. The second-order valence-corrected chi connectivity index (χ2v) is 11.9. The van der Waals surface area contributed by atoms with Crippen LogP contribution in [-0.4, -0.2) is 39.3 Å². The molecular formula is C23H23N5O3S3. The van der Waals surface area contributed by atoms with Crippen molar-refractivity contribution in [2.45, 2.75) is 41.4 Å². The highest BCUT2D eigenvalue weighted by molar-refractivity contribution is 8.00. The number of nitrogens with one attached hydrogen (secondary N) is 1. The first-order valence-corrected chi connectivity index (χ1v) is 13.8. The van der Waals surface area contributed by atoms with E-state index in [1.54, 1.807) is 41.8 Å². The van der Waals surface area contributed by atoms with E-state index in [2.05, 4.69) is 27.1 Å². The maximum absolute atomic E-state index is 12.9. The van der Waals surface area contributed by atoms with E-state index in [-0.39, 0.29) is 16.6 Å². The van der Waals surface area contributed by atoms with Crippen LogP contribution in [0.1, 0.15) is 18.3 Å². The first-order chi connectivity index (χ1) is 16.3. The number of amides is 1. The number of carbonyl (C=O) groups excluding carboxylic acids is 1. The monoisotopic (exact) mass is 513 g/mol. The number of anilines is 1. The van der Waals surface area contributed by atoms with E-state index < -0.39 is 15.1 Å². The molecule has 0 saturated heterocycles. The molecule has 176 valence electrons. The number of thioether (sulfide) groups is 1. The smallest absolute Gasteiger partial charge is 0.239 e. The van der Waals surface area contributed by atoms with Crippen molar-refractivity contribution in [2.75, 3.05) is 5.32 Å². The fourth-order valence-corrected chi connectivity index (χ4v) is 6.19. The van der Waals surface area contributed by atoms with Gasteiger partial charge in [0.1, 0.15) is 11.6 Å². The summed E-state index contributed by atoms with van der Waals surface area (Å²) >= 11 is 2.60. The second-order valence-electron chi connectivity index (χ2n) is 7.61. The van der Waals surface area contributed by atoms with Gasteiger partial charge >= 0.3 is 0 Å². The molecule has 8 nitrogen and oxygen atoms in total. The number of aryl methyl sites for hydroxylation is 1. The summed E-state index contributed by atoms with van der Waals surface area (Å²) < 4.78 is 28.5. The molecule has 2 aromatic heterocycles. The van der Waals surface area contributed by atoms with Gasteiger partial charge in [0, 0.05) is 6.54 Å². The number of hydrogen-bond acceptors (Lipinski definition) is 8. The average Bonchev–Trinajstić information content (AvgIpc) is 3.37. The Labute approximate surface area is 206 Å². The molecule has 11 heteroatoms. The molecule has 1 atom stereocenters. The van der Waals surface area contributed by atoms with Gasteiger partial charge in [-0.3, -0.25) is 4.79 Å². The number of rotatable bonds is 9. The molecule has 4 rings (SSSR count). The summed E-state index contributed by atoms with van der Waals surface area (Å²) in [5.74, 6) is -0.239. The van der Waals surface area contributed by atoms with E-state index in [1.807, 2.05) is 31.2 Å². The van der Waals surface area contributed by atoms with Gasteiger partial charge in [-0.1, -0.05) is 59.0 Å². The first kappa shape index (κ1) is 24.1. The van der Waals surface area contributed by atoms with Crippen LogP contribution in [0.2, 0.25) is 0 Å². The number of para-hydroxylation sites is 1. The van der Waals surface area contributed by atoms with Gasteiger partial charge < -0.3 is 9.88 Å². The number of nitrogens with zero attached hydrogens (tertiary/aromatic N) is 4.